The minimum atomic E-state index is -3.27. The molecule has 0 saturated carbocycles. The van der Waals surface area contributed by atoms with Crippen LogP contribution in [0.15, 0.2) is 24.3 Å². The Labute approximate surface area is 119 Å². The molecule has 7 heteroatoms. The summed E-state index contributed by atoms with van der Waals surface area (Å²) in [4.78, 5) is 12.0. The number of piperidine rings is 1. The topological polar surface area (TPSA) is 87.3 Å². The first-order valence-electron chi connectivity index (χ1n) is 6.53. The van der Waals surface area contributed by atoms with Crippen molar-refractivity contribution in [3.05, 3.63) is 24.3 Å². The van der Waals surface area contributed by atoms with Crippen molar-refractivity contribution in [2.45, 2.75) is 12.8 Å². The van der Waals surface area contributed by atoms with E-state index in [0.717, 1.165) is 32.2 Å². The Morgan fingerprint density at radius 1 is 1.15 bits per heavy atom. The lowest BCUT2D eigenvalue weighted by molar-refractivity contribution is -0.120. The lowest BCUT2D eigenvalue weighted by atomic mass is 9.97. The van der Waals surface area contributed by atoms with E-state index in [1.807, 2.05) is 0 Å². The van der Waals surface area contributed by atoms with Gasteiger partial charge in [0.15, 0.2) is 0 Å². The number of anilines is 2. The average molecular weight is 297 g/mol. The number of sulfonamides is 1. The Morgan fingerprint density at radius 2 is 1.70 bits per heavy atom. The maximum Gasteiger partial charge on any atom is 0.229 e. The molecule has 6 nitrogen and oxygen atoms in total. The molecule has 0 aliphatic carbocycles. The van der Waals surface area contributed by atoms with Crippen LogP contribution in [0.2, 0.25) is 0 Å². The maximum atomic E-state index is 12.0. The summed E-state index contributed by atoms with van der Waals surface area (Å²) in [5, 5.41) is 6.08. The second kappa shape index (κ2) is 6.23. The molecule has 2 rings (SSSR count). The molecule has 110 valence electrons. The van der Waals surface area contributed by atoms with Crippen molar-refractivity contribution in [1.29, 1.82) is 0 Å². The van der Waals surface area contributed by atoms with Gasteiger partial charge in [-0.05, 0) is 50.2 Å². The summed E-state index contributed by atoms with van der Waals surface area (Å²) in [5.74, 6) is 0.0698. The zero-order valence-corrected chi connectivity index (χ0v) is 12.2. The molecule has 0 radical (unpaired) electrons. The second-order valence-corrected chi connectivity index (χ2v) is 6.71. The van der Waals surface area contributed by atoms with Crippen LogP contribution in [-0.4, -0.2) is 33.7 Å². The molecule has 1 aliphatic rings. The minimum Gasteiger partial charge on any atom is -0.326 e. The summed E-state index contributed by atoms with van der Waals surface area (Å²) < 4.78 is 24.5. The molecule has 1 aromatic carbocycles. The zero-order valence-electron chi connectivity index (χ0n) is 11.3. The van der Waals surface area contributed by atoms with Crippen molar-refractivity contribution in [2.24, 2.45) is 5.92 Å². The predicted molar refractivity (Wildman–Crippen MR) is 79.1 cm³/mol. The highest BCUT2D eigenvalue weighted by molar-refractivity contribution is 7.92. The van der Waals surface area contributed by atoms with Crippen LogP contribution in [0.4, 0.5) is 11.4 Å². The molecule has 1 aliphatic heterocycles. The summed E-state index contributed by atoms with van der Waals surface area (Å²) in [6.45, 7) is 1.74. The van der Waals surface area contributed by atoms with Gasteiger partial charge in [0.05, 0.1) is 6.26 Å². The fraction of sp³-hybridized carbons (Fsp3) is 0.462. The molecule has 3 N–H and O–H groups in total. The van der Waals surface area contributed by atoms with Gasteiger partial charge < -0.3 is 10.6 Å². The van der Waals surface area contributed by atoms with Gasteiger partial charge in [0.25, 0.3) is 0 Å². The fourth-order valence-corrected chi connectivity index (χ4v) is 2.73. The first-order chi connectivity index (χ1) is 9.44. The highest BCUT2D eigenvalue weighted by Gasteiger charge is 2.20. The number of nitrogens with one attached hydrogen (secondary N) is 3. The van der Waals surface area contributed by atoms with Crippen LogP contribution >= 0.6 is 0 Å². The van der Waals surface area contributed by atoms with Gasteiger partial charge in [-0.1, -0.05) is 0 Å². The Balaban J connectivity index is 1.94. The third kappa shape index (κ3) is 4.50. The van der Waals surface area contributed by atoms with Gasteiger partial charge >= 0.3 is 0 Å². The first kappa shape index (κ1) is 14.8. The van der Waals surface area contributed by atoms with E-state index in [1.54, 1.807) is 24.3 Å². The minimum absolute atomic E-state index is 0.0234. The van der Waals surface area contributed by atoms with Crippen molar-refractivity contribution in [1.82, 2.24) is 5.32 Å². The fourth-order valence-electron chi connectivity index (χ4n) is 2.16. The van der Waals surface area contributed by atoms with E-state index in [4.69, 9.17) is 0 Å². The summed E-state index contributed by atoms with van der Waals surface area (Å²) >= 11 is 0. The number of benzene rings is 1. The highest BCUT2D eigenvalue weighted by atomic mass is 32.2. The number of rotatable bonds is 4. The molecule has 0 bridgehead atoms. The molecule has 1 amide bonds. The lowest BCUT2D eigenvalue weighted by Crippen LogP contribution is -2.34. The molecule has 0 unspecified atom stereocenters. The second-order valence-electron chi connectivity index (χ2n) is 4.97. The maximum absolute atomic E-state index is 12.0. The first-order valence-corrected chi connectivity index (χ1v) is 8.42. The van der Waals surface area contributed by atoms with E-state index in [0.29, 0.717) is 11.4 Å². The van der Waals surface area contributed by atoms with Crippen molar-refractivity contribution < 1.29 is 13.2 Å². The summed E-state index contributed by atoms with van der Waals surface area (Å²) in [7, 11) is -3.27. The molecule has 1 fully saturated rings. The zero-order chi connectivity index (χ0) is 14.6. The Morgan fingerprint density at radius 3 is 2.25 bits per heavy atom. The Bertz CT molecular complexity index is 563. The number of amides is 1. The van der Waals surface area contributed by atoms with Gasteiger partial charge in [-0.2, -0.15) is 0 Å². The monoisotopic (exact) mass is 297 g/mol. The lowest BCUT2D eigenvalue weighted by Gasteiger charge is -2.21. The van der Waals surface area contributed by atoms with Gasteiger partial charge in [0.1, 0.15) is 0 Å². The van der Waals surface area contributed by atoms with Crippen molar-refractivity contribution in [3.63, 3.8) is 0 Å². The van der Waals surface area contributed by atoms with Gasteiger partial charge in [0.2, 0.25) is 15.9 Å². The van der Waals surface area contributed by atoms with Crippen LogP contribution in [0, 0.1) is 5.92 Å². The number of hydrogen-bond acceptors (Lipinski definition) is 4. The standard InChI is InChI=1S/C13H19N3O3S/c1-20(18,19)16-12-4-2-11(3-5-12)15-13(17)10-6-8-14-9-7-10/h2-5,10,14,16H,6-9H2,1H3,(H,15,17). The van der Waals surface area contributed by atoms with E-state index >= 15 is 0 Å². The average Bonchev–Trinajstić information content (AvgIpc) is 2.40. The SMILES string of the molecule is CS(=O)(=O)Nc1ccc(NC(=O)C2CCNCC2)cc1. The van der Waals surface area contributed by atoms with Crippen molar-refractivity contribution in [2.75, 3.05) is 29.4 Å². The Hall–Kier alpha value is -1.60. The molecule has 0 atom stereocenters. The highest BCUT2D eigenvalue weighted by Crippen LogP contribution is 2.18. The van der Waals surface area contributed by atoms with Crippen LogP contribution in [-0.2, 0) is 14.8 Å². The summed E-state index contributed by atoms with van der Waals surface area (Å²) in [6, 6.07) is 6.62. The summed E-state index contributed by atoms with van der Waals surface area (Å²) in [5.41, 5.74) is 1.15. The normalized spacial score (nSPS) is 16.6. The van der Waals surface area contributed by atoms with Gasteiger partial charge in [0, 0.05) is 17.3 Å². The van der Waals surface area contributed by atoms with Gasteiger partial charge in [-0.25, -0.2) is 8.42 Å². The van der Waals surface area contributed by atoms with Crippen LogP contribution in [0.3, 0.4) is 0 Å². The van der Waals surface area contributed by atoms with Gasteiger partial charge in [-0.15, -0.1) is 0 Å². The third-order valence-electron chi connectivity index (χ3n) is 3.17. The van der Waals surface area contributed by atoms with E-state index in [2.05, 4.69) is 15.4 Å². The molecule has 0 aromatic heterocycles. The van der Waals surface area contributed by atoms with E-state index in [-0.39, 0.29) is 11.8 Å². The summed E-state index contributed by atoms with van der Waals surface area (Å²) in [6.07, 6.45) is 2.79. The van der Waals surface area contributed by atoms with E-state index in [9.17, 15) is 13.2 Å². The number of carbonyl (C=O) groups excluding carboxylic acids is 1. The van der Waals surface area contributed by atoms with E-state index in [1.165, 1.54) is 0 Å². The van der Waals surface area contributed by atoms with Gasteiger partial charge in [-0.3, -0.25) is 9.52 Å². The molecular weight excluding hydrogens is 278 g/mol. The van der Waals surface area contributed by atoms with Crippen molar-refractivity contribution >= 4 is 27.3 Å². The van der Waals surface area contributed by atoms with Crippen molar-refractivity contribution in [3.8, 4) is 0 Å². The molecule has 1 saturated heterocycles. The van der Waals surface area contributed by atoms with E-state index < -0.39 is 10.0 Å². The molecule has 20 heavy (non-hydrogen) atoms. The van der Waals surface area contributed by atoms with Crippen LogP contribution in [0.1, 0.15) is 12.8 Å². The van der Waals surface area contributed by atoms with Crippen LogP contribution in [0.25, 0.3) is 0 Å². The molecule has 0 spiro atoms. The third-order valence-corrected chi connectivity index (χ3v) is 3.77. The quantitative estimate of drug-likeness (QED) is 0.773. The van der Waals surface area contributed by atoms with Crippen LogP contribution in [0.5, 0.6) is 0 Å². The van der Waals surface area contributed by atoms with Crippen LogP contribution < -0.4 is 15.4 Å². The largest absolute Gasteiger partial charge is 0.326 e. The predicted octanol–water partition coefficient (Wildman–Crippen LogP) is 0.996. The smallest absolute Gasteiger partial charge is 0.229 e. The molecular formula is C13H19N3O3S. The number of hydrogen-bond donors (Lipinski definition) is 3. The Kier molecular flexibility index (Phi) is 4.61. The molecule has 1 heterocycles. The molecule has 1 aromatic rings. The number of carbonyl (C=O) groups is 1.